The molecular formula is C37H37N3O3. The number of hydrogen-bond donors (Lipinski definition) is 2. The van der Waals surface area contributed by atoms with E-state index in [1.54, 1.807) is 6.07 Å². The molecule has 0 saturated carbocycles. The Balaban J connectivity index is 1.25. The summed E-state index contributed by atoms with van der Waals surface area (Å²) in [5.74, 6) is 0. The topological polar surface area (TPSA) is 78.6 Å². The first-order valence-corrected chi connectivity index (χ1v) is 14.7. The van der Waals surface area contributed by atoms with E-state index in [1.807, 2.05) is 72.8 Å². The summed E-state index contributed by atoms with van der Waals surface area (Å²) >= 11 is 0. The quantitative estimate of drug-likeness (QED) is 0.106. The van der Waals surface area contributed by atoms with Gasteiger partial charge in [0.2, 0.25) is 0 Å². The number of nitro groups is 1. The number of nitrogens with one attached hydrogen (secondary N) is 1. The maximum atomic E-state index is 12.0. The Morgan fingerprint density at radius 3 is 1.95 bits per heavy atom. The highest BCUT2D eigenvalue weighted by atomic mass is 16.6. The van der Waals surface area contributed by atoms with Crippen molar-refractivity contribution in [1.82, 2.24) is 4.90 Å². The minimum atomic E-state index is -0.863. The van der Waals surface area contributed by atoms with E-state index in [9.17, 15) is 15.2 Å². The zero-order valence-corrected chi connectivity index (χ0v) is 24.2. The average Bonchev–Trinajstić information content (AvgIpc) is 3.04. The van der Waals surface area contributed by atoms with E-state index in [0.29, 0.717) is 30.6 Å². The number of aliphatic hydroxyl groups is 1. The molecule has 0 fully saturated rings. The smallest absolute Gasteiger partial charge is 0.273 e. The highest BCUT2D eigenvalue weighted by molar-refractivity contribution is 5.47. The lowest BCUT2D eigenvalue weighted by atomic mass is 9.99. The lowest BCUT2D eigenvalue weighted by molar-refractivity contribution is -0.385. The Morgan fingerprint density at radius 2 is 1.33 bits per heavy atom. The number of anilines is 1. The summed E-state index contributed by atoms with van der Waals surface area (Å²) in [5, 5.41) is 26.7. The van der Waals surface area contributed by atoms with E-state index in [4.69, 9.17) is 0 Å². The van der Waals surface area contributed by atoms with E-state index in [-0.39, 0.29) is 10.6 Å². The molecule has 0 amide bonds. The first kappa shape index (κ1) is 29.7. The molecule has 0 heterocycles. The Hall–Kier alpha value is -4.78. The third-order valence-electron chi connectivity index (χ3n) is 7.62. The lowest BCUT2D eigenvalue weighted by Crippen LogP contribution is -2.30. The molecule has 6 nitrogen and oxygen atoms in total. The van der Waals surface area contributed by atoms with Crippen LogP contribution in [0.3, 0.4) is 0 Å². The molecule has 0 radical (unpaired) electrons. The van der Waals surface area contributed by atoms with Crippen molar-refractivity contribution in [1.29, 1.82) is 0 Å². The lowest BCUT2D eigenvalue weighted by Gasteiger charge is -2.26. The van der Waals surface area contributed by atoms with Gasteiger partial charge in [0.25, 0.3) is 5.69 Å². The van der Waals surface area contributed by atoms with Crippen molar-refractivity contribution < 1.29 is 10.0 Å². The monoisotopic (exact) mass is 571 g/mol. The Morgan fingerprint density at radius 1 is 0.721 bits per heavy atom. The van der Waals surface area contributed by atoms with Gasteiger partial charge in [-0.1, -0.05) is 115 Å². The van der Waals surface area contributed by atoms with Crippen molar-refractivity contribution >= 4 is 11.4 Å². The summed E-state index contributed by atoms with van der Waals surface area (Å²) in [4.78, 5) is 13.8. The summed E-state index contributed by atoms with van der Waals surface area (Å²) in [7, 11) is 0. The van der Waals surface area contributed by atoms with Crippen LogP contribution in [0.25, 0.3) is 0 Å². The van der Waals surface area contributed by atoms with E-state index in [2.05, 4.69) is 58.7 Å². The van der Waals surface area contributed by atoms with E-state index in [0.717, 1.165) is 36.3 Å². The maximum Gasteiger partial charge on any atom is 0.273 e. The molecule has 218 valence electrons. The largest absolute Gasteiger partial charge is 0.387 e. The maximum absolute atomic E-state index is 12.0. The standard InChI is InChI=1S/C37H37N3O3/c41-37(34-19-18-33(36(25-34)40(42)43)24-30-10-4-1-5-11-30)28-39(27-32-14-8-3-9-15-32)23-22-29-16-20-35(21-17-29)38-26-31-12-6-2-7-13-31/h1-21,25,37-38,41H,22-24,26-28H2. The van der Waals surface area contributed by atoms with Crippen LogP contribution in [-0.2, 0) is 25.9 Å². The average molecular weight is 572 g/mol. The van der Waals surface area contributed by atoms with Crippen molar-refractivity contribution in [2.75, 3.05) is 18.4 Å². The Labute approximate surface area is 253 Å². The molecule has 1 unspecified atom stereocenters. The Bertz CT molecular complexity index is 1580. The molecular weight excluding hydrogens is 534 g/mol. The van der Waals surface area contributed by atoms with Gasteiger partial charge in [0.15, 0.2) is 0 Å². The predicted molar refractivity (Wildman–Crippen MR) is 173 cm³/mol. The zero-order valence-electron chi connectivity index (χ0n) is 24.2. The minimum absolute atomic E-state index is 0.0379. The number of rotatable bonds is 14. The molecule has 0 spiro atoms. The van der Waals surface area contributed by atoms with Gasteiger partial charge < -0.3 is 10.4 Å². The number of nitrogens with zero attached hydrogens (tertiary/aromatic N) is 2. The highest BCUT2D eigenvalue weighted by Gasteiger charge is 2.20. The first-order valence-electron chi connectivity index (χ1n) is 14.7. The molecule has 5 aromatic rings. The van der Waals surface area contributed by atoms with Crippen molar-refractivity contribution in [3.63, 3.8) is 0 Å². The van der Waals surface area contributed by atoms with Gasteiger partial charge in [0, 0.05) is 49.9 Å². The molecule has 43 heavy (non-hydrogen) atoms. The van der Waals surface area contributed by atoms with Gasteiger partial charge in [-0.25, -0.2) is 0 Å². The zero-order chi connectivity index (χ0) is 29.9. The van der Waals surface area contributed by atoms with Crippen LogP contribution in [0.5, 0.6) is 0 Å². The van der Waals surface area contributed by atoms with Crippen molar-refractivity contribution in [3.05, 3.63) is 177 Å². The van der Waals surface area contributed by atoms with Gasteiger partial charge in [-0.05, 0) is 46.4 Å². The van der Waals surface area contributed by atoms with Crippen molar-refractivity contribution in [3.8, 4) is 0 Å². The van der Waals surface area contributed by atoms with Gasteiger partial charge in [-0.3, -0.25) is 15.0 Å². The van der Waals surface area contributed by atoms with Crippen molar-refractivity contribution in [2.45, 2.75) is 32.0 Å². The molecule has 0 aliphatic carbocycles. The van der Waals surface area contributed by atoms with Crippen LogP contribution in [0.4, 0.5) is 11.4 Å². The van der Waals surface area contributed by atoms with Gasteiger partial charge in [0.1, 0.15) is 0 Å². The molecule has 0 bridgehead atoms. The van der Waals surface area contributed by atoms with E-state index >= 15 is 0 Å². The fourth-order valence-electron chi connectivity index (χ4n) is 5.23. The third kappa shape index (κ3) is 8.85. The van der Waals surface area contributed by atoms with Gasteiger partial charge >= 0.3 is 0 Å². The molecule has 5 aromatic carbocycles. The minimum Gasteiger partial charge on any atom is -0.387 e. The number of nitro benzene ring substituents is 1. The number of hydrogen-bond acceptors (Lipinski definition) is 5. The van der Waals surface area contributed by atoms with Crippen molar-refractivity contribution in [2.24, 2.45) is 0 Å². The van der Waals surface area contributed by atoms with Crippen LogP contribution in [0.2, 0.25) is 0 Å². The molecule has 0 aliphatic heterocycles. The second-order valence-electron chi connectivity index (χ2n) is 10.8. The molecule has 1 atom stereocenters. The van der Waals surface area contributed by atoms with Crippen LogP contribution >= 0.6 is 0 Å². The van der Waals surface area contributed by atoms with Gasteiger partial charge in [0.05, 0.1) is 11.0 Å². The summed E-state index contributed by atoms with van der Waals surface area (Å²) in [6.45, 7) is 2.54. The fraction of sp³-hybridized carbons (Fsp3) is 0.189. The van der Waals surface area contributed by atoms with Crippen LogP contribution in [0, 0.1) is 10.1 Å². The van der Waals surface area contributed by atoms with Crippen LogP contribution in [0.15, 0.2) is 133 Å². The summed E-state index contributed by atoms with van der Waals surface area (Å²) in [5.41, 5.74) is 6.90. The van der Waals surface area contributed by atoms with E-state index in [1.165, 1.54) is 17.2 Å². The van der Waals surface area contributed by atoms with Crippen LogP contribution in [-0.4, -0.2) is 28.0 Å². The van der Waals surface area contributed by atoms with Crippen LogP contribution in [0.1, 0.15) is 39.5 Å². The first-order chi connectivity index (χ1) is 21.0. The molecule has 0 aliphatic rings. The second kappa shape index (κ2) is 14.9. The SMILES string of the molecule is O=[N+]([O-])c1cc(C(O)CN(CCc2ccc(NCc3ccccc3)cc2)Cc2ccccc2)ccc1Cc1ccccc1. The molecule has 6 heteroatoms. The second-order valence-corrected chi connectivity index (χ2v) is 10.8. The summed E-state index contributed by atoms with van der Waals surface area (Å²) in [6.07, 6.45) is 0.417. The molecule has 5 rings (SSSR count). The Kier molecular flexibility index (Phi) is 10.3. The van der Waals surface area contributed by atoms with Gasteiger partial charge in [-0.2, -0.15) is 0 Å². The van der Waals surface area contributed by atoms with Gasteiger partial charge in [-0.15, -0.1) is 0 Å². The molecule has 0 saturated heterocycles. The highest BCUT2D eigenvalue weighted by Crippen LogP contribution is 2.27. The third-order valence-corrected chi connectivity index (χ3v) is 7.62. The summed E-state index contributed by atoms with van der Waals surface area (Å²) in [6, 6.07) is 43.8. The number of aliphatic hydroxyl groups excluding tert-OH is 1. The van der Waals surface area contributed by atoms with E-state index < -0.39 is 6.10 Å². The number of benzene rings is 5. The summed E-state index contributed by atoms with van der Waals surface area (Å²) < 4.78 is 0. The predicted octanol–water partition coefficient (Wildman–Crippen LogP) is 7.58. The molecule has 0 aromatic heterocycles. The normalized spacial score (nSPS) is 11.8. The molecule has 2 N–H and O–H groups in total. The fourth-order valence-corrected chi connectivity index (χ4v) is 5.23. The van der Waals surface area contributed by atoms with Crippen LogP contribution < -0.4 is 5.32 Å².